The lowest BCUT2D eigenvalue weighted by molar-refractivity contribution is 0.283. The molecular formula is C19H31NO. The molecule has 0 amide bonds. The highest BCUT2D eigenvalue weighted by molar-refractivity contribution is 5.47. The summed E-state index contributed by atoms with van der Waals surface area (Å²) in [5, 5.41) is 0. The number of benzene rings is 1. The normalized spacial score (nSPS) is 17.7. The molecule has 0 atom stereocenters. The van der Waals surface area contributed by atoms with E-state index in [1.165, 1.54) is 24.0 Å². The number of nitrogens with two attached hydrogens (primary N) is 1. The Bertz CT molecular complexity index is 507. The van der Waals surface area contributed by atoms with E-state index in [1.54, 1.807) is 7.11 Å². The van der Waals surface area contributed by atoms with Crippen molar-refractivity contribution in [3.8, 4) is 5.75 Å². The summed E-state index contributed by atoms with van der Waals surface area (Å²) < 4.78 is 5.59. The Labute approximate surface area is 130 Å². The van der Waals surface area contributed by atoms with Crippen molar-refractivity contribution in [2.45, 2.75) is 64.7 Å². The molecule has 1 aromatic carbocycles. The third-order valence-electron chi connectivity index (χ3n) is 4.77. The van der Waals surface area contributed by atoms with Crippen LogP contribution in [-0.2, 0) is 10.8 Å². The highest BCUT2D eigenvalue weighted by Gasteiger charge is 2.45. The van der Waals surface area contributed by atoms with Crippen LogP contribution < -0.4 is 10.5 Å². The average Bonchev–Trinajstić information content (AvgIpc) is 3.16. The van der Waals surface area contributed by atoms with E-state index in [1.807, 2.05) is 0 Å². The summed E-state index contributed by atoms with van der Waals surface area (Å²) in [6.07, 6.45) is 3.52. The fourth-order valence-electron chi connectivity index (χ4n) is 3.71. The van der Waals surface area contributed by atoms with E-state index in [2.05, 4.69) is 52.8 Å². The number of hydrogen-bond acceptors (Lipinski definition) is 2. The quantitative estimate of drug-likeness (QED) is 0.872. The van der Waals surface area contributed by atoms with Crippen LogP contribution in [0.5, 0.6) is 5.75 Å². The van der Waals surface area contributed by atoms with Crippen LogP contribution in [-0.4, -0.2) is 13.7 Å². The van der Waals surface area contributed by atoms with E-state index >= 15 is 0 Å². The molecule has 0 spiro atoms. The Balaban J connectivity index is 2.40. The maximum atomic E-state index is 6.03. The maximum absolute atomic E-state index is 6.03. The lowest BCUT2D eigenvalue weighted by Gasteiger charge is -2.34. The van der Waals surface area contributed by atoms with E-state index in [-0.39, 0.29) is 10.8 Å². The van der Waals surface area contributed by atoms with Crippen LogP contribution in [0.1, 0.15) is 65.0 Å². The lowest BCUT2D eigenvalue weighted by atomic mass is 9.71. The topological polar surface area (TPSA) is 35.2 Å². The first-order valence-electron chi connectivity index (χ1n) is 8.03. The summed E-state index contributed by atoms with van der Waals surface area (Å²) in [6, 6.07) is 6.70. The van der Waals surface area contributed by atoms with Crippen LogP contribution in [0.15, 0.2) is 18.2 Å². The van der Waals surface area contributed by atoms with Crippen molar-refractivity contribution < 1.29 is 4.74 Å². The fraction of sp³-hybridized carbons (Fsp3) is 0.684. The second-order valence-corrected chi connectivity index (χ2v) is 8.52. The summed E-state index contributed by atoms with van der Waals surface area (Å²) in [5.41, 5.74) is 9.37. The van der Waals surface area contributed by atoms with E-state index in [0.717, 1.165) is 12.2 Å². The van der Waals surface area contributed by atoms with Gasteiger partial charge in [0.1, 0.15) is 5.75 Å². The molecule has 0 radical (unpaired) electrons. The van der Waals surface area contributed by atoms with E-state index in [0.29, 0.717) is 12.0 Å². The van der Waals surface area contributed by atoms with Gasteiger partial charge in [-0.3, -0.25) is 0 Å². The van der Waals surface area contributed by atoms with Crippen LogP contribution >= 0.6 is 0 Å². The molecule has 0 bridgehead atoms. The summed E-state index contributed by atoms with van der Waals surface area (Å²) in [7, 11) is 1.76. The Morgan fingerprint density at radius 3 is 2.19 bits per heavy atom. The van der Waals surface area contributed by atoms with Crippen molar-refractivity contribution in [3.63, 3.8) is 0 Å². The zero-order chi connectivity index (χ0) is 15.9. The van der Waals surface area contributed by atoms with Gasteiger partial charge in [-0.15, -0.1) is 0 Å². The molecule has 1 aliphatic carbocycles. The minimum Gasteiger partial charge on any atom is -0.496 e. The van der Waals surface area contributed by atoms with Gasteiger partial charge in [0.05, 0.1) is 7.11 Å². The Kier molecular flexibility index (Phi) is 4.14. The summed E-state index contributed by atoms with van der Waals surface area (Å²) in [4.78, 5) is 0. The predicted molar refractivity (Wildman–Crippen MR) is 90.1 cm³/mol. The Hall–Kier alpha value is -1.02. The molecule has 21 heavy (non-hydrogen) atoms. The lowest BCUT2D eigenvalue weighted by Crippen LogP contribution is -2.26. The fourth-order valence-corrected chi connectivity index (χ4v) is 3.71. The zero-order valence-corrected chi connectivity index (χ0v) is 14.5. The number of hydrogen-bond donors (Lipinski definition) is 1. The summed E-state index contributed by atoms with van der Waals surface area (Å²) in [6.45, 7) is 12.3. The first kappa shape index (κ1) is 16.4. The first-order valence-corrected chi connectivity index (χ1v) is 8.03. The van der Waals surface area contributed by atoms with Gasteiger partial charge >= 0.3 is 0 Å². The van der Waals surface area contributed by atoms with Gasteiger partial charge in [-0.25, -0.2) is 0 Å². The van der Waals surface area contributed by atoms with Crippen molar-refractivity contribution >= 4 is 0 Å². The van der Waals surface area contributed by atoms with Gasteiger partial charge in [0.25, 0.3) is 0 Å². The van der Waals surface area contributed by atoms with Crippen molar-refractivity contribution in [2.75, 3.05) is 13.7 Å². The molecule has 1 aliphatic rings. The monoisotopic (exact) mass is 289 g/mol. The molecule has 2 heteroatoms. The highest BCUT2D eigenvalue weighted by atomic mass is 16.5. The Morgan fingerprint density at radius 2 is 1.76 bits per heavy atom. The molecule has 118 valence electrons. The predicted octanol–water partition coefficient (Wildman–Crippen LogP) is 4.40. The molecule has 0 unspecified atom stereocenters. The van der Waals surface area contributed by atoms with Crippen LogP contribution in [0, 0.1) is 5.41 Å². The molecule has 0 aromatic heterocycles. The van der Waals surface area contributed by atoms with Crippen LogP contribution in [0.2, 0.25) is 0 Å². The van der Waals surface area contributed by atoms with Crippen LogP contribution in [0.4, 0.5) is 0 Å². The third kappa shape index (κ3) is 3.42. The van der Waals surface area contributed by atoms with Crippen molar-refractivity contribution in [1.82, 2.24) is 0 Å². The first-order chi connectivity index (χ1) is 9.63. The summed E-state index contributed by atoms with van der Waals surface area (Å²) >= 11 is 0. The molecule has 2 N–H and O–H groups in total. The Morgan fingerprint density at radius 1 is 1.14 bits per heavy atom. The molecule has 0 saturated heterocycles. The van der Waals surface area contributed by atoms with Gasteiger partial charge in [0.15, 0.2) is 0 Å². The molecule has 2 nitrogen and oxygen atoms in total. The zero-order valence-electron chi connectivity index (χ0n) is 14.5. The van der Waals surface area contributed by atoms with Crippen molar-refractivity contribution in [1.29, 1.82) is 0 Å². The van der Waals surface area contributed by atoms with Crippen LogP contribution in [0.25, 0.3) is 0 Å². The van der Waals surface area contributed by atoms with E-state index in [9.17, 15) is 0 Å². The summed E-state index contributed by atoms with van der Waals surface area (Å²) in [5.74, 6) is 0.994. The van der Waals surface area contributed by atoms with Gasteiger partial charge in [-0.05, 0) is 41.7 Å². The van der Waals surface area contributed by atoms with E-state index < -0.39 is 0 Å². The van der Waals surface area contributed by atoms with Gasteiger partial charge in [-0.2, -0.15) is 0 Å². The van der Waals surface area contributed by atoms with Gasteiger partial charge < -0.3 is 10.5 Å². The second-order valence-electron chi connectivity index (χ2n) is 8.52. The standard InChI is InChI=1S/C19H31NO/c1-17(2,3)12-18(4,5)14-7-8-16(21-6)15(11-14)19(13-20)9-10-19/h7-8,11H,9-10,12-13,20H2,1-6H3. The molecule has 0 aliphatic heterocycles. The van der Waals surface area contributed by atoms with Crippen molar-refractivity contribution in [3.05, 3.63) is 29.3 Å². The maximum Gasteiger partial charge on any atom is 0.122 e. The molecule has 1 saturated carbocycles. The second kappa shape index (κ2) is 5.31. The molecular weight excluding hydrogens is 258 g/mol. The third-order valence-corrected chi connectivity index (χ3v) is 4.77. The van der Waals surface area contributed by atoms with E-state index in [4.69, 9.17) is 10.5 Å². The highest BCUT2D eigenvalue weighted by Crippen LogP contribution is 2.51. The van der Waals surface area contributed by atoms with Crippen LogP contribution in [0.3, 0.4) is 0 Å². The molecule has 2 rings (SSSR count). The smallest absolute Gasteiger partial charge is 0.122 e. The minimum atomic E-state index is 0.157. The minimum absolute atomic E-state index is 0.157. The van der Waals surface area contributed by atoms with Gasteiger partial charge in [-0.1, -0.05) is 46.8 Å². The van der Waals surface area contributed by atoms with Crippen molar-refractivity contribution in [2.24, 2.45) is 11.1 Å². The van der Waals surface area contributed by atoms with Gasteiger partial charge in [0.2, 0.25) is 0 Å². The number of methoxy groups -OCH3 is 1. The molecule has 1 fully saturated rings. The SMILES string of the molecule is COc1ccc(C(C)(C)CC(C)(C)C)cc1C1(CN)CC1. The van der Waals surface area contributed by atoms with Gasteiger partial charge in [0, 0.05) is 17.5 Å². The molecule has 0 heterocycles. The average molecular weight is 289 g/mol. The largest absolute Gasteiger partial charge is 0.496 e. The number of ether oxygens (including phenoxy) is 1. The number of rotatable bonds is 5. The molecule has 1 aromatic rings.